The van der Waals surface area contributed by atoms with E-state index in [0.717, 1.165) is 52.2 Å². The summed E-state index contributed by atoms with van der Waals surface area (Å²) in [4.78, 5) is 13.5. The van der Waals surface area contributed by atoms with Crippen LogP contribution in [0.25, 0.3) is 22.2 Å². The lowest BCUT2D eigenvalue weighted by atomic mass is 10.1. The third-order valence-electron chi connectivity index (χ3n) is 5.97. The van der Waals surface area contributed by atoms with Gasteiger partial charge in [-0.25, -0.2) is 9.97 Å². The first-order valence-electron chi connectivity index (χ1n) is 25.1. The summed E-state index contributed by atoms with van der Waals surface area (Å²) >= 11 is 0. The van der Waals surface area contributed by atoms with Crippen LogP contribution in [0.15, 0.2) is 48.8 Å². The van der Waals surface area contributed by atoms with Crippen LogP contribution in [-0.4, -0.2) is 53.7 Å². The molecule has 0 aliphatic heterocycles. The van der Waals surface area contributed by atoms with E-state index in [1.165, 1.54) is 0 Å². The van der Waals surface area contributed by atoms with E-state index in [1.54, 1.807) is 6.20 Å². The highest BCUT2D eigenvalue weighted by atomic mass is 15.2. The average Bonchev–Trinajstić information content (AvgIpc) is 3.73. The number of likely N-dealkylation sites (N-methyl/N-ethyl adjacent to an activating group) is 2. The van der Waals surface area contributed by atoms with Gasteiger partial charge in [0.2, 0.25) is 5.95 Å². The van der Waals surface area contributed by atoms with E-state index < -0.39 is 0 Å². The van der Waals surface area contributed by atoms with Crippen LogP contribution in [0.3, 0.4) is 0 Å². The third kappa shape index (κ3) is 4.65. The van der Waals surface area contributed by atoms with Crippen molar-refractivity contribution in [2.45, 2.75) is 6.92 Å². The van der Waals surface area contributed by atoms with Crippen molar-refractivity contribution in [1.29, 1.82) is 5.26 Å². The number of anilines is 4. The molecule has 0 saturated carbocycles. The number of hydrogen-bond donors (Lipinski definition) is 2. The molecule has 3 N–H and O–H groups in total. The Morgan fingerprint density at radius 3 is 2.71 bits per heavy atom. The summed E-state index contributed by atoms with van der Waals surface area (Å²) in [6, 6.07) is 13.8. The smallest absolute Gasteiger partial charge is 0.227 e. The van der Waals surface area contributed by atoms with Crippen molar-refractivity contribution in [3.05, 3.63) is 59.9 Å². The van der Waals surface area contributed by atoms with Crippen molar-refractivity contribution < 1.29 is 41.6 Å². The first-order chi connectivity index (χ1) is 30.3. The summed E-state index contributed by atoms with van der Waals surface area (Å²) in [7, 11) is 8.14. The average molecular weight is 539 g/mol. The number of aromatic nitrogens is 3. The minimum Gasteiger partial charge on any atom is -0.397 e. The molecule has 34 heavy (non-hydrogen) atoms. The lowest BCUT2D eigenvalue weighted by molar-refractivity contribution is 0.416. The maximum atomic E-state index is 9.22. The molecule has 0 atom stereocenters. The maximum absolute atomic E-state index is 9.22. The predicted octanol–water partition coefficient (Wildman–Crippen LogP) is 7.58. The van der Waals surface area contributed by atoms with Crippen molar-refractivity contribution in [3.63, 3.8) is 0 Å². The lowest BCUT2D eigenvalue weighted by Gasteiger charge is -2.24. The molecule has 0 aliphatic rings. The van der Waals surface area contributed by atoms with E-state index in [0.29, 0.717) is 17.2 Å². The largest absolute Gasteiger partial charge is 0.397 e. The van der Waals surface area contributed by atoms with E-state index in [9.17, 15) is 5.26 Å². The molecule has 0 unspecified atom stereocenters. The highest BCUT2D eigenvalue weighted by molar-refractivity contribution is 5.96. The van der Waals surface area contributed by atoms with Crippen LogP contribution in [0.1, 0.15) is 52.7 Å². The lowest BCUT2D eigenvalue weighted by Crippen LogP contribution is -2.29. The SMILES string of the molecule is Cc1cc(N(C)CCN(C)C)c(N)cc1Nc1nccc(-c2cn(C)c3cc(C#N)ccc23)n1.[3H][3H].[3H][3H].[3H][3H].[3H][3H].[3H][3H].[3H][3H].[3H][3H].[3H][3H].[3H][3H].[3H][3H].[3H][3H].[3H][3H].[3H][3H].[3H][3H]. The molecule has 4 rings (SSSR count). The number of rotatable bonds is 7. The molecule has 0 fully saturated rings. The number of nitrogens with one attached hydrogen (secondary N) is 1. The van der Waals surface area contributed by atoms with E-state index in [1.807, 2.05) is 55.1 Å². The number of nitrogens with zero attached hydrogens (tertiary/aromatic N) is 6. The molecular weight excluding hydrogens is 424 g/mol. The number of hydrogen-bond acceptors (Lipinski definition) is 7. The van der Waals surface area contributed by atoms with Crippen molar-refractivity contribution in [3.8, 4) is 17.3 Å². The summed E-state index contributed by atoms with van der Waals surface area (Å²) in [6.07, 6.45) is 3.77. The first-order valence-corrected chi connectivity index (χ1v) is 11.1. The Balaban J connectivity index is -0.0000000881. The van der Waals surface area contributed by atoms with E-state index >= 15 is 0 Å². The Morgan fingerprint density at radius 1 is 1.18 bits per heavy atom. The Labute approximate surface area is 243 Å². The van der Waals surface area contributed by atoms with Crippen LogP contribution in [0.4, 0.5) is 23.0 Å². The zero-order valence-corrected chi connectivity index (χ0v) is 20.3. The Hall–Kier alpha value is -4.09. The van der Waals surface area contributed by atoms with Gasteiger partial charge in [0.05, 0.1) is 28.7 Å². The summed E-state index contributed by atoms with van der Waals surface area (Å²) < 4.78 is 142. The molecule has 2 heterocycles. The van der Waals surface area contributed by atoms with Gasteiger partial charge in [0, 0.05) is 103 Å². The van der Waals surface area contributed by atoms with Crippen molar-refractivity contribution >= 4 is 33.9 Å². The zero-order valence-electron chi connectivity index (χ0n) is 48.3. The van der Waals surface area contributed by atoms with Gasteiger partial charge in [-0.3, -0.25) is 0 Å². The van der Waals surface area contributed by atoms with Crippen LogP contribution in [0.2, 0.25) is 0 Å². The number of nitrogens with two attached hydrogens (primary N) is 1. The topological polar surface area (TPSA) is 99.0 Å². The van der Waals surface area contributed by atoms with E-state index in [4.69, 9.17) is 52.3 Å². The number of fused-ring (bicyclic) bond motifs is 1. The highest BCUT2D eigenvalue weighted by Crippen LogP contribution is 2.32. The van der Waals surface area contributed by atoms with E-state index in [2.05, 4.69) is 53.4 Å². The first kappa shape index (κ1) is 11.4. The molecule has 0 bridgehead atoms. The van der Waals surface area contributed by atoms with Crippen molar-refractivity contribution in [1.82, 2.24) is 19.4 Å². The van der Waals surface area contributed by atoms with Gasteiger partial charge in [0.1, 0.15) is 0 Å². The van der Waals surface area contributed by atoms with Gasteiger partial charge >= 0.3 is 0 Å². The van der Waals surface area contributed by atoms with Gasteiger partial charge < -0.3 is 25.4 Å². The quantitative estimate of drug-likeness (QED) is 0.234. The number of benzene rings is 2. The predicted molar refractivity (Wildman–Crippen MR) is 169 cm³/mol. The van der Waals surface area contributed by atoms with Gasteiger partial charge in [0.15, 0.2) is 0 Å². The molecule has 0 saturated heterocycles. The summed E-state index contributed by atoms with van der Waals surface area (Å²) in [5.41, 5.74) is 13.4. The van der Waals surface area contributed by atoms with Gasteiger partial charge in [-0.15, -0.1) is 0 Å². The van der Waals surface area contributed by atoms with Crippen LogP contribution >= 0.6 is 0 Å². The third-order valence-corrected chi connectivity index (χ3v) is 5.97. The molecule has 0 spiro atoms. The Bertz CT molecular complexity index is 1440. The second-order valence-corrected chi connectivity index (χ2v) is 8.84. The minimum absolute atomic E-state index is 0.499. The molecular formula is C26H58N8. The molecule has 4 aromatic rings. The fraction of sp³-hybridized carbons (Fsp3) is 0.269. The Kier molecular flexibility index (Phi) is 3.15. The summed E-state index contributed by atoms with van der Waals surface area (Å²) in [5.74, 6) is 0.499. The molecule has 0 radical (unpaired) electrons. The van der Waals surface area contributed by atoms with Crippen molar-refractivity contribution in [2.24, 2.45) is 7.05 Å². The standard InChI is InChI=1S/C26H30N8.14H2/c1-17-12-25(33(4)11-10-32(2)3)21(28)14-23(17)31-26-29-9-8-22(30-26)20-16-34(5)24-13-18(15-27)6-7-19(20)24;;;;;;;;;;;;;;/h6-9,12-14,16H,10-11,28H2,1-5H3,(H,29,30,31);14*1H/i;14*1+2T. The molecule has 0 aliphatic carbocycles. The number of nitrogen functional groups attached to an aromatic ring is 1. The summed E-state index contributed by atoms with van der Waals surface area (Å²) in [6.45, 7) is 3.88. The zero-order chi connectivity index (χ0) is 52.4. The molecule has 8 nitrogen and oxygen atoms in total. The molecule has 202 valence electrons. The molecule has 2 aromatic heterocycles. The summed E-state index contributed by atoms with van der Waals surface area (Å²) in [5, 5.41) is 13.6. The second-order valence-electron chi connectivity index (χ2n) is 8.84. The fourth-order valence-corrected chi connectivity index (χ4v) is 3.99. The Morgan fingerprint density at radius 2 is 1.97 bits per heavy atom. The number of aryl methyl sites for hydroxylation is 2. The minimum atomic E-state index is 0.499. The highest BCUT2D eigenvalue weighted by Gasteiger charge is 2.14. The monoisotopic (exact) mass is 539 g/mol. The van der Waals surface area contributed by atoms with E-state index in [-0.39, 0.29) is 0 Å². The van der Waals surface area contributed by atoms with Gasteiger partial charge in [-0.2, -0.15) is 5.26 Å². The van der Waals surface area contributed by atoms with Gasteiger partial charge in [0.25, 0.3) is 0 Å². The second kappa shape index (κ2) is 9.41. The normalized spacial score (nSPS) is 14.4. The molecule has 2 aromatic carbocycles. The van der Waals surface area contributed by atoms with Gasteiger partial charge in [-0.05, 0) is 56.9 Å². The molecule has 8 heteroatoms. The van der Waals surface area contributed by atoms with Gasteiger partial charge in [-0.1, -0.05) is 6.07 Å². The molecule has 0 amide bonds. The van der Waals surface area contributed by atoms with Crippen LogP contribution in [0.5, 0.6) is 0 Å². The van der Waals surface area contributed by atoms with Crippen LogP contribution < -0.4 is 16.0 Å². The fourth-order valence-electron chi connectivity index (χ4n) is 3.99. The van der Waals surface area contributed by atoms with Crippen LogP contribution in [-0.2, 0) is 7.05 Å². The number of nitriles is 1. The van der Waals surface area contributed by atoms with Crippen molar-refractivity contribution in [2.75, 3.05) is 50.2 Å². The maximum Gasteiger partial charge on any atom is 0.227 e. The van der Waals surface area contributed by atoms with Crippen LogP contribution in [0, 0.1) is 18.3 Å².